The van der Waals surface area contributed by atoms with Gasteiger partial charge in [-0.3, -0.25) is 4.79 Å². The molecule has 0 aliphatic carbocycles. The molecule has 0 aliphatic rings. The Morgan fingerprint density at radius 2 is 1.95 bits per heavy atom. The topological polar surface area (TPSA) is 68.0 Å². The van der Waals surface area contributed by atoms with Crippen molar-refractivity contribution >= 4 is 42.1 Å². The minimum atomic E-state index is 0. The second-order valence-electron chi connectivity index (χ2n) is 6.70. The standard InChI is InChI=1S/C15H27N3OS.2ClH/c1-10(2)6-11(8-16)17-13(19)7-12-9-20-14(18-12)15(3,4)5;;/h9-11H,6-8,16H2,1-5H3,(H,17,19);2*1H. The number of aromatic nitrogens is 1. The Balaban J connectivity index is 0. The molecule has 7 heteroatoms. The monoisotopic (exact) mass is 369 g/mol. The van der Waals surface area contributed by atoms with Gasteiger partial charge in [0.15, 0.2) is 0 Å². The Bertz CT molecular complexity index is 444. The second-order valence-corrected chi connectivity index (χ2v) is 7.56. The number of thiazole rings is 1. The average molecular weight is 370 g/mol. The SMILES string of the molecule is CC(C)CC(CN)NC(=O)Cc1csc(C(C)(C)C)n1.Cl.Cl. The maximum Gasteiger partial charge on any atom is 0.226 e. The molecular weight excluding hydrogens is 341 g/mol. The summed E-state index contributed by atoms with van der Waals surface area (Å²) in [6.07, 6.45) is 1.24. The highest BCUT2D eigenvalue weighted by Gasteiger charge is 2.19. The quantitative estimate of drug-likeness (QED) is 0.807. The third-order valence-electron chi connectivity index (χ3n) is 2.94. The first-order valence-electron chi connectivity index (χ1n) is 7.16. The van der Waals surface area contributed by atoms with Gasteiger partial charge in [0.1, 0.15) is 0 Å². The highest BCUT2D eigenvalue weighted by atomic mass is 35.5. The number of carbonyl (C=O) groups is 1. The van der Waals surface area contributed by atoms with Crippen molar-refractivity contribution in [1.82, 2.24) is 10.3 Å². The van der Waals surface area contributed by atoms with E-state index in [1.807, 2.05) is 5.38 Å². The van der Waals surface area contributed by atoms with E-state index in [1.165, 1.54) is 0 Å². The van der Waals surface area contributed by atoms with Gasteiger partial charge in [0.2, 0.25) is 5.91 Å². The molecule has 3 N–H and O–H groups in total. The first-order valence-corrected chi connectivity index (χ1v) is 8.04. The van der Waals surface area contributed by atoms with Gasteiger partial charge in [0, 0.05) is 23.4 Å². The summed E-state index contributed by atoms with van der Waals surface area (Å²) in [4.78, 5) is 16.6. The van der Waals surface area contributed by atoms with Gasteiger partial charge in [-0.1, -0.05) is 34.6 Å². The van der Waals surface area contributed by atoms with Gasteiger partial charge in [-0.15, -0.1) is 36.2 Å². The molecule has 1 amide bonds. The van der Waals surface area contributed by atoms with Crippen molar-refractivity contribution in [3.63, 3.8) is 0 Å². The number of nitrogens with two attached hydrogens (primary N) is 1. The molecule has 1 rings (SSSR count). The molecule has 0 fully saturated rings. The van der Waals surface area contributed by atoms with E-state index in [2.05, 4.69) is 44.9 Å². The van der Waals surface area contributed by atoms with Crippen LogP contribution in [0.3, 0.4) is 0 Å². The molecule has 0 spiro atoms. The van der Waals surface area contributed by atoms with Crippen molar-refractivity contribution in [3.8, 4) is 0 Å². The Morgan fingerprint density at radius 1 is 1.36 bits per heavy atom. The van der Waals surface area contributed by atoms with Crippen LogP contribution in [0.5, 0.6) is 0 Å². The van der Waals surface area contributed by atoms with Crippen molar-refractivity contribution in [2.75, 3.05) is 6.54 Å². The summed E-state index contributed by atoms with van der Waals surface area (Å²) in [5.41, 5.74) is 6.58. The van der Waals surface area contributed by atoms with E-state index in [0.29, 0.717) is 18.9 Å². The fourth-order valence-electron chi connectivity index (χ4n) is 1.96. The molecular formula is C15H29Cl2N3OS. The number of rotatable bonds is 6. The molecule has 1 aromatic rings. The van der Waals surface area contributed by atoms with Crippen LogP contribution in [0.4, 0.5) is 0 Å². The predicted octanol–water partition coefficient (Wildman–Crippen LogP) is 3.32. The van der Waals surface area contributed by atoms with Crippen LogP contribution in [-0.4, -0.2) is 23.5 Å². The maximum absolute atomic E-state index is 12.0. The number of nitrogens with one attached hydrogen (secondary N) is 1. The first kappa shape index (κ1) is 23.9. The molecule has 1 atom stereocenters. The Hall–Kier alpha value is -0.360. The highest BCUT2D eigenvalue weighted by molar-refractivity contribution is 7.09. The number of amides is 1. The molecule has 0 bridgehead atoms. The van der Waals surface area contributed by atoms with Crippen molar-refractivity contribution in [2.24, 2.45) is 11.7 Å². The summed E-state index contributed by atoms with van der Waals surface area (Å²) in [7, 11) is 0. The van der Waals surface area contributed by atoms with Gasteiger partial charge in [0.25, 0.3) is 0 Å². The minimum absolute atomic E-state index is 0. The zero-order valence-electron chi connectivity index (χ0n) is 14.0. The van der Waals surface area contributed by atoms with Crippen LogP contribution < -0.4 is 11.1 Å². The van der Waals surface area contributed by atoms with Crippen LogP contribution >= 0.6 is 36.2 Å². The number of nitrogens with zero attached hydrogens (tertiary/aromatic N) is 1. The Labute approximate surface area is 150 Å². The van der Waals surface area contributed by atoms with E-state index in [9.17, 15) is 4.79 Å². The minimum Gasteiger partial charge on any atom is -0.352 e. The van der Waals surface area contributed by atoms with E-state index in [4.69, 9.17) is 5.73 Å². The molecule has 130 valence electrons. The van der Waals surface area contributed by atoms with E-state index < -0.39 is 0 Å². The summed E-state index contributed by atoms with van der Waals surface area (Å²) < 4.78 is 0. The molecule has 0 saturated heterocycles. The van der Waals surface area contributed by atoms with Gasteiger partial charge in [0.05, 0.1) is 17.1 Å². The van der Waals surface area contributed by atoms with Gasteiger partial charge in [-0.2, -0.15) is 0 Å². The lowest BCUT2D eigenvalue weighted by atomic mass is 9.98. The van der Waals surface area contributed by atoms with Crippen LogP contribution in [0.2, 0.25) is 0 Å². The average Bonchev–Trinajstić information content (AvgIpc) is 2.75. The number of hydrogen-bond acceptors (Lipinski definition) is 4. The van der Waals surface area contributed by atoms with Gasteiger partial charge in [-0.25, -0.2) is 4.98 Å². The van der Waals surface area contributed by atoms with Crippen LogP contribution in [0.15, 0.2) is 5.38 Å². The molecule has 0 aromatic carbocycles. The highest BCUT2D eigenvalue weighted by Crippen LogP contribution is 2.25. The lowest BCUT2D eigenvalue weighted by Crippen LogP contribution is -2.41. The van der Waals surface area contributed by atoms with Crippen molar-refractivity contribution in [3.05, 3.63) is 16.1 Å². The first-order chi connectivity index (χ1) is 9.22. The number of halogens is 2. The van der Waals surface area contributed by atoms with E-state index in [0.717, 1.165) is 17.1 Å². The maximum atomic E-state index is 12.0. The fraction of sp³-hybridized carbons (Fsp3) is 0.733. The zero-order chi connectivity index (χ0) is 15.3. The molecule has 1 heterocycles. The summed E-state index contributed by atoms with van der Waals surface area (Å²) in [5, 5.41) is 6.03. The summed E-state index contributed by atoms with van der Waals surface area (Å²) in [5.74, 6) is 0.530. The van der Waals surface area contributed by atoms with Crippen LogP contribution in [0.1, 0.15) is 51.7 Å². The van der Waals surface area contributed by atoms with Crippen LogP contribution in [0, 0.1) is 5.92 Å². The van der Waals surface area contributed by atoms with Gasteiger partial charge >= 0.3 is 0 Å². The summed E-state index contributed by atoms with van der Waals surface area (Å²) in [6.45, 7) is 11.1. The normalized spacial score (nSPS) is 12.3. The van der Waals surface area contributed by atoms with Crippen molar-refractivity contribution < 1.29 is 4.79 Å². The molecule has 22 heavy (non-hydrogen) atoms. The van der Waals surface area contributed by atoms with Gasteiger partial charge < -0.3 is 11.1 Å². The van der Waals surface area contributed by atoms with E-state index in [1.54, 1.807) is 11.3 Å². The fourth-order valence-corrected chi connectivity index (χ4v) is 2.87. The van der Waals surface area contributed by atoms with Crippen molar-refractivity contribution in [2.45, 2.75) is 58.9 Å². The smallest absolute Gasteiger partial charge is 0.226 e. The number of carbonyl (C=O) groups excluding carboxylic acids is 1. The summed E-state index contributed by atoms with van der Waals surface area (Å²) in [6, 6.07) is 0.0585. The van der Waals surface area contributed by atoms with E-state index >= 15 is 0 Å². The Morgan fingerprint density at radius 3 is 2.36 bits per heavy atom. The van der Waals surface area contributed by atoms with Gasteiger partial charge in [-0.05, 0) is 12.3 Å². The number of hydrogen-bond donors (Lipinski definition) is 2. The molecule has 0 aliphatic heterocycles. The van der Waals surface area contributed by atoms with Crippen molar-refractivity contribution in [1.29, 1.82) is 0 Å². The van der Waals surface area contributed by atoms with Crippen LogP contribution in [0.25, 0.3) is 0 Å². The third kappa shape index (κ3) is 8.32. The molecule has 0 radical (unpaired) electrons. The lowest BCUT2D eigenvalue weighted by molar-refractivity contribution is -0.121. The van der Waals surface area contributed by atoms with Crippen LogP contribution in [-0.2, 0) is 16.6 Å². The van der Waals surface area contributed by atoms with E-state index in [-0.39, 0.29) is 42.2 Å². The summed E-state index contributed by atoms with van der Waals surface area (Å²) >= 11 is 1.62. The third-order valence-corrected chi connectivity index (χ3v) is 4.26. The molecule has 4 nitrogen and oxygen atoms in total. The molecule has 1 aromatic heterocycles. The zero-order valence-corrected chi connectivity index (χ0v) is 16.5. The Kier molecular flexibility index (Phi) is 11.3. The largest absolute Gasteiger partial charge is 0.352 e. The predicted molar refractivity (Wildman–Crippen MR) is 99.5 cm³/mol. The molecule has 1 unspecified atom stereocenters. The molecule has 0 saturated carbocycles. The lowest BCUT2D eigenvalue weighted by Gasteiger charge is -2.18. The second kappa shape index (κ2) is 10.4.